The Balaban J connectivity index is 1.46. The number of hydrogen-bond acceptors (Lipinski definition) is 10. The highest BCUT2D eigenvalue weighted by atomic mass is 19.1. The number of nitrogens with two attached hydrogens (primary N) is 1. The predicted octanol–water partition coefficient (Wildman–Crippen LogP) is 4.77. The summed E-state index contributed by atoms with van der Waals surface area (Å²) in [5.41, 5.74) is 5.94. The lowest BCUT2D eigenvalue weighted by molar-refractivity contribution is -0.144. The molecule has 2 aromatic heterocycles. The van der Waals surface area contributed by atoms with Gasteiger partial charge >= 0.3 is 5.97 Å². The summed E-state index contributed by atoms with van der Waals surface area (Å²) in [6.07, 6.45) is 4.40. The number of benzene rings is 2. The van der Waals surface area contributed by atoms with Crippen molar-refractivity contribution >= 4 is 17.5 Å². The van der Waals surface area contributed by atoms with Crippen LogP contribution in [0.1, 0.15) is 25.3 Å². The van der Waals surface area contributed by atoms with Crippen molar-refractivity contribution in [3.8, 4) is 40.4 Å². The number of esters is 1. The van der Waals surface area contributed by atoms with Crippen LogP contribution in [0.15, 0.2) is 54.9 Å². The van der Waals surface area contributed by atoms with Crippen molar-refractivity contribution in [2.45, 2.75) is 25.8 Å². The Labute approximate surface area is 257 Å². The van der Waals surface area contributed by atoms with Gasteiger partial charge < -0.3 is 34.9 Å². The van der Waals surface area contributed by atoms with Gasteiger partial charge in [0.25, 0.3) is 11.8 Å². The Kier molecular flexibility index (Phi) is 9.42. The Morgan fingerprint density at radius 2 is 1.87 bits per heavy atom. The number of carbonyl (C=O) groups excluding carboxylic acids is 1. The number of nitrogen functional groups attached to an aromatic ring is 1. The summed E-state index contributed by atoms with van der Waals surface area (Å²) in [5, 5.41) is 21.0. The fourth-order valence-electron chi connectivity index (χ4n) is 4.91. The number of hydrogen-bond donors (Lipinski definition) is 4. The molecule has 0 aliphatic carbocycles. The predicted molar refractivity (Wildman–Crippen MR) is 162 cm³/mol. The largest absolute Gasteiger partial charge is 0.504 e. The molecule has 0 bridgehead atoms. The Hall–Kier alpha value is -5.24. The summed E-state index contributed by atoms with van der Waals surface area (Å²) in [6.45, 7) is 3.16. The average molecular weight is 622 g/mol. The monoisotopic (exact) mass is 621 g/mol. The molecule has 236 valence electrons. The summed E-state index contributed by atoms with van der Waals surface area (Å²) in [6, 6.07) is 10.3. The number of ether oxygens (including phenoxy) is 3. The van der Waals surface area contributed by atoms with Gasteiger partial charge in [0.1, 0.15) is 23.1 Å². The van der Waals surface area contributed by atoms with Gasteiger partial charge in [0.2, 0.25) is 11.6 Å². The number of halogens is 2. The maximum Gasteiger partial charge on any atom is 0.320 e. The molecule has 1 aliphatic rings. The Morgan fingerprint density at radius 1 is 1.13 bits per heavy atom. The van der Waals surface area contributed by atoms with Crippen molar-refractivity contribution in [1.82, 2.24) is 19.4 Å². The minimum absolute atomic E-state index is 0.134. The number of phenols is 1. The molecule has 2 aromatic carbocycles. The summed E-state index contributed by atoms with van der Waals surface area (Å²) in [4.78, 5) is 22.1. The highest BCUT2D eigenvalue weighted by Gasteiger charge is 2.28. The number of rotatable bonds is 11. The number of anilines is 1. The van der Waals surface area contributed by atoms with Crippen LogP contribution in [0.3, 0.4) is 0 Å². The number of carbonyl (C=O) groups is 1. The lowest BCUT2D eigenvalue weighted by Crippen LogP contribution is -2.42. The Morgan fingerprint density at radius 3 is 2.53 bits per heavy atom. The number of aromatic hydroxyl groups is 1. The fourth-order valence-corrected chi connectivity index (χ4v) is 4.91. The topological polar surface area (TPSA) is 161 Å². The van der Waals surface area contributed by atoms with E-state index in [0.717, 1.165) is 0 Å². The molecular formula is C31H33F2N7O5. The van der Waals surface area contributed by atoms with Crippen LogP contribution >= 0.6 is 0 Å². The third-order valence-electron chi connectivity index (χ3n) is 7.22. The lowest BCUT2D eigenvalue weighted by Gasteiger charge is -2.32. The van der Waals surface area contributed by atoms with E-state index >= 15 is 8.78 Å². The minimum atomic E-state index is -1.15. The number of aromatic nitrogens is 3. The molecule has 3 heterocycles. The molecule has 0 atom stereocenters. The third kappa shape index (κ3) is 7.29. The minimum Gasteiger partial charge on any atom is -0.504 e. The molecule has 1 fully saturated rings. The van der Waals surface area contributed by atoms with Gasteiger partial charge in [0.05, 0.1) is 13.2 Å². The first-order valence-corrected chi connectivity index (χ1v) is 14.3. The van der Waals surface area contributed by atoms with E-state index in [1.165, 1.54) is 18.2 Å². The molecule has 45 heavy (non-hydrogen) atoms. The molecule has 1 aliphatic heterocycles. The number of amidine groups is 1. The molecule has 5 N–H and O–H groups in total. The van der Waals surface area contributed by atoms with Crippen LogP contribution in [-0.4, -0.2) is 68.6 Å². The highest BCUT2D eigenvalue weighted by molar-refractivity contribution is 5.95. The van der Waals surface area contributed by atoms with Crippen molar-refractivity contribution in [3.63, 3.8) is 0 Å². The van der Waals surface area contributed by atoms with Crippen LogP contribution in [0.4, 0.5) is 14.5 Å². The van der Waals surface area contributed by atoms with Crippen molar-refractivity contribution in [3.05, 3.63) is 72.1 Å². The highest BCUT2D eigenvalue weighted by Crippen LogP contribution is 2.39. The Bertz CT molecular complexity index is 1710. The number of nitrogens with zero attached hydrogens (tertiary/aromatic N) is 4. The first kappa shape index (κ1) is 31.2. The summed E-state index contributed by atoms with van der Waals surface area (Å²) in [7, 11) is 1.83. The maximum absolute atomic E-state index is 16.0. The molecule has 14 heteroatoms. The normalized spacial score (nSPS) is 13.8. The van der Waals surface area contributed by atoms with E-state index < -0.39 is 29.1 Å². The average Bonchev–Trinajstić information content (AvgIpc) is 3.45. The zero-order valence-corrected chi connectivity index (χ0v) is 24.7. The quantitative estimate of drug-likeness (QED) is 0.104. The molecule has 1 saturated heterocycles. The van der Waals surface area contributed by atoms with Crippen molar-refractivity contribution < 1.29 is 32.9 Å². The van der Waals surface area contributed by atoms with E-state index in [9.17, 15) is 9.90 Å². The van der Waals surface area contributed by atoms with E-state index in [1.54, 1.807) is 37.5 Å². The molecule has 0 unspecified atom stereocenters. The number of phenolic OH excluding ortho intramolecular Hbond substituents is 1. The SMILES string of the molecule is CCOC(=O)CN1CCC(Nc2c(F)c(Oc3cccc(-c4nccn4C)c3)nc(Oc3cc(C(=N)N)ccc3O)c2F)CC1. The third-order valence-corrected chi connectivity index (χ3v) is 7.22. The van der Waals surface area contributed by atoms with Crippen molar-refractivity contribution in [2.24, 2.45) is 12.8 Å². The number of pyridine rings is 1. The standard InChI is InChI=1S/C31H33F2N7O5/c1-3-43-24(42)17-40-12-9-20(10-13-40)37-27-25(32)30(44-21-6-4-5-19(15-21)29-36-11-14-39(29)2)38-31(26(27)33)45-23-16-18(28(34)35)7-8-22(23)41/h4-8,11,14-16,20,41H,3,9-10,12-13,17H2,1-2H3,(H3,34,35)(H,37,38). The zero-order valence-electron chi connectivity index (χ0n) is 24.7. The molecule has 0 radical (unpaired) electrons. The van der Waals surface area contributed by atoms with Gasteiger partial charge in [-0.2, -0.15) is 13.8 Å². The summed E-state index contributed by atoms with van der Waals surface area (Å²) >= 11 is 0. The number of piperidine rings is 1. The number of imidazole rings is 1. The van der Waals surface area contributed by atoms with Crippen molar-refractivity contribution in [2.75, 3.05) is 31.6 Å². The van der Waals surface area contributed by atoms with E-state index in [-0.39, 0.29) is 53.8 Å². The van der Waals surface area contributed by atoms with Gasteiger partial charge in [-0.15, -0.1) is 0 Å². The second-order valence-corrected chi connectivity index (χ2v) is 10.4. The van der Waals surface area contributed by atoms with E-state index in [2.05, 4.69) is 15.3 Å². The van der Waals surface area contributed by atoms with Crippen LogP contribution < -0.4 is 20.5 Å². The molecule has 0 saturated carbocycles. The van der Waals surface area contributed by atoms with Gasteiger partial charge in [-0.25, -0.2) is 4.98 Å². The molecular weight excluding hydrogens is 588 g/mol. The smallest absolute Gasteiger partial charge is 0.320 e. The summed E-state index contributed by atoms with van der Waals surface area (Å²) < 4.78 is 50.2. The first-order valence-electron chi connectivity index (χ1n) is 14.3. The number of aryl methyl sites for hydroxylation is 1. The molecule has 4 aromatic rings. The first-order chi connectivity index (χ1) is 21.6. The molecule has 0 amide bonds. The van der Waals surface area contributed by atoms with Crippen LogP contribution in [-0.2, 0) is 16.6 Å². The van der Waals surface area contributed by atoms with E-state index in [4.69, 9.17) is 25.4 Å². The van der Waals surface area contributed by atoms with Gasteiger partial charge in [0.15, 0.2) is 11.5 Å². The van der Waals surface area contributed by atoms with Gasteiger partial charge in [-0.3, -0.25) is 15.1 Å². The second-order valence-electron chi connectivity index (χ2n) is 10.4. The van der Waals surface area contributed by atoms with Crippen LogP contribution in [0.2, 0.25) is 0 Å². The van der Waals surface area contributed by atoms with Crippen LogP contribution in [0.5, 0.6) is 29.0 Å². The van der Waals surface area contributed by atoms with E-state index in [1.807, 2.05) is 22.6 Å². The lowest BCUT2D eigenvalue weighted by atomic mass is 10.0. The van der Waals surface area contributed by atoms with Gasteiger partial charge in [-0.05, 0) is 50.1 Å². The molecule has 0 spiro atoms. The maximum atomic E-state index is 16.0. The van der Waals surface area contributed by atoms with Gasteiger partial charge in [-0.1, -0.05) is 12.1 Å². The van der Waals surface area contributed by atoms with Crippen LogP contribution in [0, 0.1) is 17.0 Å². The van der Waals surface area contributed by atoms with Crippen molar-refractivity contribution in [1.29, 1.82) is 5.41 Å². The summed E-state index contributed by atoms with van der Waals surface area (Å²) in [5.74, 6) is -3.89. The number of nitrogens with one attached hydrogen (secondary N) is 2. The molecule has 12 nitrogen and oxygen atoms in total. The van der Waals surface area contributed by atoms with Gasteiger partial charge in [0, 0.05) is 49.7 Å². The number of likely N-dealkylation sites (tertiary alicyclic amines) is 1. The molecule has 5 rings (SSSR count). The zero-order chi connectivity index (χ0) is 32.1. The second kappa shape index (κ2) is 13.6. The van der Waals surface area contributed by atoms with Crippen LogP contribution in [0.25, 0.3) is 11.4 Å². The fraction of sp³-hybridized carbons (Fsp3) is 0.290. The van der Waals surface area contributed by atoms with E-state index in [0.29, 0.717) is 37.3 Å².